The van der Waals surface area contributed by atoms with Crippen LogP contribution in [0.4, 0.5) is 8.78 Å². The van der Waals surface area contributed by atoms with Gasteiger partial charge in [-0.1, -0.05) is 0 Å². The topological polar surface area (TPSA) is 44.4 Å². The minimum Gasteiger partial charge on any atom is -0.354 e. The number of likely N-dealkylation sites (tertiary alicyclic amines) is 1. The molecule has 1 amide bonds. The molecule has 0 saturated carbocycles. The SMILES string of the molecule is CC(C)N1CCCC(CNC(=O)C2CC(F)(F)CN2)C1. The van der Waals surface area contributed by atoms with Crippen LogP contribution in [0.25, 0.3) is 0 Å². The molecular weight excluding hydrogens is 264 g/mol. The zero-order valence-corrected chi connectivity index (χ0v) is 12.3. The molecular formula is C14H25F2N3O. The van der Waals surface area contributed by atoms with Crippen LogP contribution >= 0.6 is 0 Å². The number of amides is 1. The number of rotatable bonds is 4. The van der Waals surface area contributed by atoms with Crippen LogP contribution in [0.5, 0.6) is 0 Å². The van der Waals surface area contributed by atoms with E-state index < -0.39 is 18.5 Å². The molecule has 6 heteroatoms. The van der Waals surface area contributed by atoms with Crippen molar-refractivity contribution in [3.05, 3.63) is 0 Å². The van der Waals surface area contributed by atoms with E-state index in [4.69, 9.17) is 0 Å². The predicted octanol–water partition coefficient (Wildman–Crippen LogP) is 1.22. The molecule has 2 aliphatic rings. The molecule has 0 aromatic carbocycles. The van der Waals surface area contributed by atoms with E-state index in [9.17, 15) is 13.6 Å². The van der Waals surface area contributed by atoms with E-state index in [1.165, 1.54) is 0 Å². The first-order valence-corrected chi connectivity index (χ1v) is 7.50. The van der Waals surface area contributed by atoms with Gasteiger partial charge in [-0.05, 0) is 39.2 Å². The van der Waals surface area contributed by atoms with E-state index in [0.29, 0.717) is 18.5 Å². The molecule has 0 radical (unpaired) electrons. The van der Waals surface area contributed by atoms with Gasteiger partial charge < -0.3 is 10.2 Å². The summed E-state index contributed by atoms with van der Waals surface area (Å²) in [7, 11) is 0. The van der Waals surface area contributed by atoms with E-state index in [1.807, 2.05) is 0 Å². The van der Waals surface area contributed by atoms with Gasteiger partial charge in [-0.2, -0.15) is 0 Å². The monoisotopic (exact) mass is 289 g/mol. The summed E-state index contributed by atoms with van der Waals surface area (Å²) in [5.74, 6) is -2.61. The van der Waals surface area contributed by atoms with E-state index in [1.54, 1.807) is 0 Å². The van der Waals surface area contributed by atoms with Crippen molar-refractivity contribution in [1.82, 2.24) is 15.5 Å². The van der Waals surface area contributed by atoms with Crippen molar-refractivity contribution < 1.29 is 13.6 Å². The quantitative estimate of drug-likeness (QED) is 0.818. The Morgan fingerprint density at radius 2 is 2.25 bits per heavy atom. The highest BCUT2D eigenvalue weighted by Gasteiger charge is 2.42. The van der Waals surface area contributed by atoms with Gasteiger partial charge in [0.2, 0.25) is 5.91 Å². The Kier molecular flexibility index (Phi) is 4.96. The number of hydrogen-bond donors (Lipinski definition) is 2. The normalized spacial score (nSPS) is 30.6. The van der Waals surface area contributed by atoms with Gasteiger partial charge in [0.1, 0.15) is 0 Å². The lowest BCUT2D eigenvalue weighted by atomic mass is 9.97. The second kappa shape index (κ2) is 6.35. The average Bonchev–Trinajstić information content (AvgIpc) is 2.77. The van der Waals surface area contributed by atoms with E-state index >= 15 is 0 Å². The molecule has 0 aromatic heterocycles. The zero-order chi connectivity index (χ0) is 14.8. The minimum absolute atomic E-state index is 0.288. The summed E-state index contributed by atoms with van der Waals surface area (Å²) in [6.07, 6.45) is 1.85. The van der Waals surface area contributed by atoms with Crippen LogP contribution in [0.2, 0.25) is 0 Å². The molecule has 116 valence electrons. The van der Waals surface area contributed by atoms with Crippen LogP contribution in [0.3, 0.4) is 0 Å². The van der Waals surface area contributed by atoms with E-state index in [0.717, 1.165) is 25.9 Å². The number of carbonyl (C=O) groups is 1. The summed E-state index contributed by atoms with van der Waals surface area (Å²) in [5.41, 5.74) is 0. The molecule has 2 unspecified atom stereocenters. The van der Waals surface area contributed by atoms with Gasteiger partial charge in [0.15, 0.2) is 0 Å². The summed E-state index contributed by atoms with van der Waals surface area (Å²) in [5, 5.41) is 5.42. The number of hydrogen-bond acceptors (Lipinski definition) is 3. The number of halogens is 2. The molecule has 2 rings (SSSR count). The smallest absolute Gasteiger partial charge is 0.262 e. The lowest BCUT2D eigenvalue weighted by Gasteiger charge is -2.35. The van der Waals surface area contributed by atoms with Gasteiger partial charge in [0, 0.05) is 25.6 Å². The third-order valence-electron chi connectivity index (χ3n) is 4.27. The molecule has 2 heterocycles. The molecule has 2 fully saturated rings. The first kappa shape index (κ1) is 15.6. The van der Waals surface area contributed by atoms with Gasteiger partial charge in [-0.25, -0.2) is 8.78 Å². The first-order chi connectivity index (χ1) is 9.37. The van der Waals surface area contributed by atoms with Crippen molar-refractivity contribution in [3.8, 4) is 0 Å². The molecule has 0 spiro atoms. The van der Waals surface area contributed by atoms with Crippen LogP contribution in [0.15, 0.2) is 0 Å². The summed E-state index contributed by atoms with van der Waals surface area (Å²) < 4.78 is 26.1. The average molecular weight is 289 g/mol. The zero-order valence-electron chi connectivity index (χ0n) is 12.3. The fraction of sp³-hybridized carbons (Fsp3) is 0.929. The van der Waals surface area contributed by atoms with Crippen LogP contribution in [-0.2, 0) is 4.79 Å². The first-order valence-electron chi connectivity index (χ1n) is 7.50. The molecule has 20 heavy (non-hydrogen) atoms. The van der Waals surface area contributed by atoms with Crippen molar-refractivity contribution in [2.24, 2.45) is 5.92 Å². The van der Waals surface area contributed by atoms with Gasteiger partial charge in [0.05, 0.1) is 12.6 Å². The van der Waals surface area contributed by atoms with E-state index in [-0.39, 0.29) is 12.3 Å². The predicted molar refractivity (Wildman–Crippen MR) is 73.8 cm³/mol. The molecule has 0 bridgehead atoms. The van der Waals surface area contributed by atoms with Gasteiger partial charge in [-0.3, -0.25) is 10.1 Å². The van der Waals surface area contributed by atoms with Crippen molar-refractivity contribution in [2.45, 2.75) is 51.1 Å². The van der Waals surface area contributed by atoms with Crippen molar-refractivity contribution in [2.75, 3.05) is 26.2 Å². The standard InChI is InChI=1S/C14H25F2N3O/c1-10(2)19-5-3-4-11(8-19)7-17-13(20)12-6-14(15,16)9-18-12/h10-12,18H,3-9H2,1-2H3,(H,17,20). The Bertz CT molecular complexity index is 349. The Labute approximate surface area is 119 Å². The molecule has 2 atom stereocenters. The summed E-state index contributed by atoms with van der Waals surface area (Å²) >= 11 is 0. The second-order valence-electron chi connectivity index (χ2n) is 6.34. The maximum Gasteiger partial charge on any atom is 0.262 e. The third-order valence-corrected chi connectivity index (χ3v) is 4.27. The van der Waals surface area contributed by atoms with Crippen molar-refractivity contribution in [3.63, 3.8) is 0 Å². The maximum absolute atomic E-state index is 13.0. The Morgan fingerprint density at radius 1 is 1.50 bits per heavy atom. The van der Waals surface area contributed by atoms with Crippen LogP contribution in [-0.4, -0.2) is 55.0 Å². The number of nitrogens with one attached hydrogen (secondary N) is 2. The van der Waals surface area contributed by atoms with Gasteiger partial charge in [0.25, 0.3) is 5.92 Å². The van der Waals surface area contributed by atoms with Crippen LogP contribution in [0, 0.1) is 5.92 Å². The number of carbonyl (C=O) groups excluding carboxylic acids is 1. The Morgan fingerprint density at radius 3 is 2.85 bits per heavy atom. The molecule has 2 aliphatic heterocycles. The fourth-order valence-electron chi connectivity index (χ4n) is 3.00. The van der Waals surface area contributed by atoms with Gasteiger partial charge >= 0.3 is 0 Å². The van der Waals surface area contributed by atoms with E-state index in [2.05, 4.69) is 29.4 Å². The molecule has 2 N–H and O–H groups in total. The summed E-state index contributed by atoms with van der Waals surface area (Å²) in [6, 6.07) is -0.224. The van der Waals surface area contributed by atoms with Crippen molar-refractivity contribution in [1.29, 1.82) is 0 Å². The highest BCUT2D eigenvalue weighted by atomic mass is 19.3. The largest absolute Gasteiger partial charge is 0.354 e. The lowest BCUT2D eigenvalue weighted by Crippen LogP contribution is -2.46. The number of alkyl halides is 2. The van der Waals surface area contributed by atoms with Crippen molar-refractivity contribution >= 4 is 5.91 Å². The fourth-order valence-corrected chi connectivity index (χ4v) is 3.00. The van der Waals surface area contributed by atoms with Crippen LogP contribution < -0.4 is 10.6 Å². The molecule has 4 nitrogen and oxygen atoms in total. The highest BCUT2D eigenvalue weighted by molar-refractivity contribution is 5.82. The second-order valence-corrected chi connectivity index (χ2v) is 6.34. The molecule has 0 aliphatic carbocycles. The summed E-state index contributed by atoms with van der Waals surface area (Å²) in [4.78, 5) is 14.3. The highest BCUT2D eigenvalue weighted by Crippen LogP contribution is 2.25. The number of nitrogens with zero attached hydrogens (tertiary/aromatic N) is 1. The third kappa shape index (κ3) is 4.12. The lowest BCUT2D eigenvalue weighted by molar-refractivity contribution is -0.123. The van der Waals surface area contributed by atoms with Gasteiger partial charge in [-0.15, -0.1) is 0 Å². The maximum atomic E-state index is 13.0. The summed E-state index contributed by atoms with van der Waals surface area (Å²) in [6.45, 7) is 6.63. The number of piperidine rings is 1. The molecule has 0 aromatic rings. The Balaban J connectivity index is 1.73. The minimum atomic E-state index is -2.75. The molecule has 2 saturated heterocycles. The van der Waals surface area contributed by atoms with Crippen LogP contribution in [0.1, 0.15) is 33.1 Å². The Hall–Kier alpha value is -0.750.